The van der Waals surface area contributed by atoms with Gasteiger partial charge in [0.2, 0.25) is 5.91 Å². The first-order valence-electron chi connectivity index (χ1n) is 10.6. The lowest BCUT2D eigenvalue weighted by atomic mass is 9.98. The van der Waals surface area contributed by atoms with Gasteiger partial charge in [0.1, 0.15) is 18.7 Å². The minimum Gasteiger partial charge on any atom is -0.480 e. The molecule has 0 bridgehead atoms. The number of methoxy groups -OCH3 is 1. The molecule has 0 fully saturated rings. The maximum Gasteiger partial charge on any atom is 0.407 e. The molecule has 8 nitrogen and oxygen atoms in total. The van der Waals surface area contributed by atoms with Gasteiger partial charge in [-0.3, -0.25) is 4.79 Å². The zero-order valence-electron chi connectivity index (χ0n) is 18.2. The summed E-state index contributed by atoms with van der Waals surface area (Å²) in [5.41, 5.74) is 4.41. The predicted octanol–water partition coefficient (Wildman–Crippen LogP) is 2.91. The van der Waals surface area contributed by atoms with Crippen LogP contribution in [0.4, 0.5) is 4.79 Å². The molecule has 0 saturated heterocycles. The smallest absolute Gasteiger partial charge is 0.407 e. The summed E-state index contributed by atoms with van der Waals surface area (Å²) < 4.78 is 10.5. The van der Waals surface area contributed by atoms with E-state index in [1.165, 1.54) is 7.11 Å². The Morgan fingerprint density at radius 2 is 1.56 bits per heavy atom. The van der Waals surface area contributed by atoms with E-state index in [0.29, 0.717) is 0 Å². The van der Waals surface area contributed by atoms with Crippen molar-refractivity contribution in [1.82, 2.24) is 10.6 Å². The molecule has 2 unspecified atom stereocenters. The van der Waals surface area contributed by atoms with Gasteiger partial charge in [0.15, 0.2) is 0 Å². The second-order valence-electron chi connectivity index (χ2n) is 7.61. The predicted molar refractivity (Wildman–Crippen MR) is 118 cm³/mol. The molecule has 1 aliphatic carbocycles. The highest BCUT2D eigenvalue weighted by atomic mass is 16.5. The molecule has 0 aliphatic heterocycles. The van der Waals surface area contributed by atoms with E-state index in [1.807, 2.05) is 48.5 Å². The van der Waals surface area contributed by atoms with Crippen LogP contribution in [0, 0.1) is 0 Å². The highest BCUT2D eigenvalue weighted by molar-refractivity contribution is 5.89. The third kappa shape index (κ3) is 5.26. The fourth-order valence-electron chi connectivity index (χ4n) is 3.90. The molecular formula is C24H28N2O6. The third-order valence-corrected chi connectivity index (χ3v) is 5.59. The summed E-state index contributed by atoms with van der Waals surface area (Å²) in [6.45, 7) is 1.99. The van der Waals surface area contributed by atoms with Crippen LogP contribution in [0.1, 0.15) is 36.8 Å². The molecule has 0 heterocycles. The lowest BCUT2D eigenvalue weighted by Gasteiger charge is -2.21. The molecule has 3 rings (SSSR count). The summed E-state index contributed by atoms with van der Waals surface area (Å²) in [6, 6.07) is 14.0. The fourth-order valence-corrected chi connectivity index (χ4v) is 3.90. The Labute approximate surface area is 186 Å². The van der Waals surface area contributed by atoms with E-state index >= 15 is 0 Å². The fraction of sp³-hybridized carbons (Fsp3) is 0.375. The van der Waals surface area contributed by atoms with Crippen LogP contribution in [-0.2, 0) is 19.1 Å². The Bertz CT molecular complexity index is 931. The third-order valence-electron chi connectivity index (χ3n) is 5.59. The minimum atomic E-state index is -1.13. The molecule has 32 heavy (non-hydrogen) atoms. The number of hydrogen-bond acceptors (Lipinski definition) is 5. The summed E-state index contributed by atoms with van der Waals surface area (Å²) in [6.07, 6.45) is -0.336. The van der Waals surface area contributed by atoms with Crippen molar-refractivity contribution in [3.05, 3.63) is 59.7 Å². The van der Waals surface area contributed by atoms with Gasteiger partial charge in [0.25, 0.3) is 0 Å². The summed E-state index contributed by atoms with van der Waals surface area (Å²) in [5.74, 6) is -1.83. The van der Waals surface area contributed by atoms with Gasteiger partial charge in [0.05, 0.1) is 0 Å². The van der Waals surface area contributed by atoms with Crippen molar-refractivity contribution in [3.8, 4) is 11.1 Å². The molecule has 2 amide bonds. The van der Waals surface area contributed by atoms with E-state index in [4.69, 9.17) is 9.47 Å². The van der Waals surface area contributed by atoms with Crippen molar-refractivity contribution >= 4 is 18.0 Å². The molecule has 0 aromatic heterocycles. The van der Waals surface area contributed by atoms with Gasteiger partial charge >= 0.3 is 12.1 Å². The number of hydrogen-bond donors (Lipinski definition) is 3. The first-order valence-corrected chi connectivity index (χ1v) is 10.6. The number of ether oxygens (including phenoxy) is 2. The van der Waals surface area contributed by atoms with Gasteiger partial charge in [-0.2, -0.15) is 0 Å². The van der Waals surface area contributed by atoms with Gasteiger partial charge in [0, 0.05) is 26.1 Å². The molecule has 170 valence electrons. The maximum atomic E-state index is 12.5. The molecular weight excluding hydrogens is 412 g/mol. The number of alkyl carbamates (subject to hydrolysis) is 1. The first kappa shape index (κ1) is 23.3. The average molecular weight is 440 g/mol. The van der Waals surface area contributed by atoms with E-state index in [1.54, 1.807) is 6.92 Å². The largest absolute Gasteiger partial charge is 0.480 e. The van der Waals surface area contributed by atoms with Gasteiger partial charge in [-0.25, -0.2) is 9.59 Å². The number of carbonyl (C=O) groups excluding carboxylic acids is 2. The second kappa shape index (κ2) is 10.8. The Kier molecular flexibility index (Phi) is 7.83. The Morgan fingerprint density at radius 1 is 0.969 bits per heavy atom. The SMILES string of the molecule is CCC(NC(=O)C(CCOC)NC(=O)OCC1c2ccccc2-c2ccccc21)C(=O)O. The Morgan fingerprint density at radius 3 is 2.09 bits per heavy atom. The monoisotopic (exact) mass is 440 g/mol. The van der Waals surface area contributed by atoms with Gasteiger partial charge in [-0.15, -0.1) is 0 Å². The summed E-state index contributed by atoms with van der Waals surface area (Å²) >= 11 is 0. The lowest BCUT2D eigenvalue weighted by Crippen LogP contribution is -2.52. The molecule has 2 aromatic carbocycles. The van der Waals surface area contributed by atoms with Crippen LogP contribution < -0.4 is 10.6 Å². The van der Waals surface area contributed by atoms with Crippen LogP contribution in [0.3, 0.4) is 0 Å². The summed E-state index contributed by atoms with van der Waals surface area (Å²) in [5, 5.41) is 14.2. The molecule has 0 radical (unpaired) electrons. The maximum absolute atomic E-state index is 12.5. The Balaban J connectivity index is 1.65. The van der Waals surface area contributed by atoms with E-state index < -0.39 is 30.1 Å². The number of rotatable bonds is 10. The topological polar surface area (TPSA) is 114 Å². The summed E-state index contributed by atoms with van der Waals surface area (Å²) in [7, 11) is 1.48. The second-order valence-corrected chi connectivity index (χ2v) is 7.61. The van der Waals surface area contributed by atoms with Crippen LogP contribution in [0.15, 0.2) is 48.5 Å². The molecule has 0 saturated carbocycles. The molecule has 0 spiro atoms. The van der Waals surface area contributed by atoms with Crippen molar-refractivity contribution in [2.24, 2.45) is 0 Å². The van der Waals surface area contributed by atoms with Crippen molar-refractivity contribution < 1.29 is 29.0 Å². The zero-order valence-corrected chi connectivity index (χ0v) is 18.2. The number of nitrogens with one attached hydrogen (secondary N) is 2. The lowest BCUT2D eigenvalue weighted by molar-refractivity contribution is -0.142. The van der Waals surface area contributed by atoms with Crippen molar-refractivity contribution in [2.75, 3.05) is 20.3 Å². The Hall–Kier alpha value is -3.39. The number of aliphatic carboxylic acids is 1. The highest BCUT2D eigenvalue weighted by Crippen LogP contribution is 2.44. The quantitative estimate of drug-likeness (QED) is 0.524. The van der Waals surface area contributed by atoms with E-state index in [0.717, 1.165) is 22.3 Å². The minimum absolute atomic E-state index is 0.101. The zero-order chi connectivity index (χ0) is 23.1. The van der Waals surface area contributed by atoms with Crippen LogP contribution in [0.25, 0.3) is 11.1 Å². The summed E-state index contributed by atoms with van der Waals surface area (Å²) in [4.78, 5) is 36.3. The number of fused-ring (bicyclic) bond motifs is 3. The number of benzene rings is 2. The standard InChI is InChI=1S/C24H28N2O6/c1-3-20(23(28)29)25-22(27)21(12-13-31-2)26-24(30)32-14-19-17-10-6-4-8-15(17)16-9-5-7-11-18(16)19/h4-11,19-21H,3,12-14H2,1-2H3,(H,25,27)(H,26,30)(H,28,29). The van der Waals surface area contributed by atoms with Crippen LogP contribution in [0.2, 0.25) is 0 Å². The van der Waals surface area contributed by atoms with Gasteiger partial charge < -0.3 is 25.2 Å². The number of carboxylic acids is 1. The average Bonchev–Trinajstić information content (AvgIpc) is 3.12. The molecule has 3 N–H and O–H groups in total. The highest BCUT2D eigenvalue weighted by Gasteiger charge is 2.30. The van der Waals surface area contributed by atoms with E-state index in [9.17, 15) is 19.5 Å². The van der Waals surface area contributed by atoms with Crippen LogP contribution in [-0.4, -0.2) is 55.5 Å². The van der Waals surface area contributed by atoms with Crippen molar-refractivity contribution in [1.29, 1.82) is 0 Å². The van der Waals surface area contributed by atoms with Crippen LogP contribution >= 0.6 is 0 Å². The van der Waals surface area contributed by atoms with E-state index in [-0.39, 0.29) is 32.0 Å². The van der Waals surface area contributed by atoms with Gasteiger partial charge in [-0.05, 0) is 28.7 Å². The van der Waals surface area contributed by atoms with Crippen molar-refractivity contribution in [3.63, 3.8) is 0 Å². The molecule has 2 atom stereocenters. The van der Waals surface area contributed by atoms with Crippen LogP contribution in [0.5, 0.6) is 0 Å². The molecule has 2 aromatic rings. The molecule has 1 aliphatic rings. The number of carbonyl (C=O) groups is 3. The van der Waals surface area contributed by atoms with E-state index in [2.05, 4.69) is 10.6 Å². The van der Waals surface area contributed by atoms with Gasteiger partial charge in [-0.1, -0.05) is 55.5 Å². The number of amides is 2. The van der Waals surface area contributed by atoms with Crippen molar-refractivity contribution in [2.45, 2.75) is 37.8 Å². The normalized spacial score (nSPS) is 14.1. The number of carboxylic acid groups (broad SMARTS) is 1. The first-order chi connectivity index (χ1) is 15.5. The molecule has 8 heteroatoms.